The van der Waals surface area contributed by atoms with Gasteiger partial charge in [0.15, 0.2) is 0 Å². The maximum Gasteiger partial charge on any atom is 0.137 e. The molecular formula is C12H12O2. The fraction of sp³-hybridized carbons (Fsp3) is 0.167. The molecule has 0 aliphatic rings. The van der Waals surface area contributed by atoms with E-state index in [-0.39, 0.29) is 0 Å². The van der Waals surface area contributed by atoms with Crippen molar-refractivity contribution in [2.75, 3.05) is 0 Å². The first-order valence-electron chi connectivity index (χ1n) is 4.55. The van der Waals surface area contributed by atoms with Crippen LogP contribution in [0.2, 0.25) is 0 Å². The minimum absolute atomic E-state index is 0.578. The molecular weight excluding hydrogens is 176 g/mol. The molecule has 1 aromatic heterocycles. The molecule has 72 valence electrons. The van der Waals surface area contributed by atoms with E-state index in [1.54, 1.807) is 18.4 Å². The Morgan fingerprint density at radius 1 is 1.14 bits per heavy atom. The first kappa shape index (κ1) is 9.03. The Morgan fingerprint density at radius 3 is 2.43 bits per heavy atom. The molecule has 2 heteroatoms. The van der Waals surface area contributed by atoms with Crippen molar-refractivity contribution in [3.05, 3.63) is 59.5 Å². The van der Waals surface area contributed by atoms with Gasteiger partial charge in [0.05, 0.1) is 6.26 Å². The van der Waals surface area contributed by atoms with E-state index in [1.165, 1.54) is 5.56 Å². The molecule has 1 N–H and O–H groups in total. The van der Waals surface area contributed by atoms with Crippen LogP contribution in [0.4, 0.5) is 0 Å². The number of aliphatic hydroxyl groups is 1. The third-order valence-corrected chi connectivity index (χ3v) is 2.21. The van der Waals surface area contributed by atoms with E-state index in [0.29, 0.717) is 5.76 Å². The van der Waals surface area contributed by atoms with Crippen molar-refractivity contribution in [3.63, 3.8) is 0 Å². The molecule has 1 aromatic carbocycles. The van der Waals surface area contributed by atoms with Crippen LogP contribution in [-0.2, 0) is 0 Å². The van der Waals surface area contributed by atoms with Gasteiger partial charge in [-0.15, -0.1) is 0 Å². The minimum atomic E-state index is -0.661. The lowest BCUT2D eigenvalue weighted by atomic mass is 10.1. The Hall–Kier alpha value is -1.54. The largest absolute Gasteiger partial charge is 0.466 e. The highest BCUT2D eigenvalue weighted by Gasteiger charge is 2.11. The van der Waals surface area contributed by atoms with Crippen molar-refractivity contribution < 1.29 is 9.52 Å². The Balaban J connectivity index is 2.28. The fourth-order valence-corrected chi connectivity index (χ4v) is 1.36. The van der Waals surface area contributed by atoms with Gasteiger partial charge in [-0.25, -0.2) is 0 Å². The van der Waals surface area contributed by atoms with E-state index >= 15 is 0 Å². The fourth-order valence-electron chi connectivity index (χ4n) is 1.36. The topological polar surface area (TPSA) is 33.4 Å². The zero-order valence-electron chi connectivity index (χ0n) is 7.97. The van der Waals surface area contributed by atoms with Crippen molar-refractivity contribution >= 4 is 0 Å². The first-order chi connectivity index (χ1) is 6.77. The summed E-state index contributed by atoms with van der Waals surface area (Å²) in [5.74, 6) is 0.578. The Labute approximate surface area is 82.8 Å². The number of hydrogen-bond donors (Lipinski definition) is 1. The van der Waals surface area contributed by atoms with Gasteiger partial charge in [0.1, 0.15) is 11.9 Å². The van der Waals surface area contributed by atoms with Crippen LogP contribution >= 0.6 is 0 Å². The number of aryl methyl sites for hydroxylation is 1. The molecule has 0 fully saturated rings. The van der Waals surface area contributed by atoms with Crippen LogP contribution in [0.3, 0.4) is 0 Å². The number of aliphatic hydroxyl groups excluding tert-OH is 1. The summed E-state index contributed by atoms with van der Waals surface area (Å²) in [4.78, 5) is 0. The maximum atomic E-state index is 9.88. The molecule has 1 atom stereocenters. The second-order valence-electron chi connectivity index (χ2n) is 3.33. The van der Waals surface area contributed by atoms with Gasteiger partial charge in [-0.2, -0.15) is 0 Å². The van der Waals surface area contributed by atoms with Gasteiger partial charge in [-0.05, 0) is 24.6 Å². The van der Waals surface area contributed by atoms with Crippen LogP contribution < -0.4 is 0 Å². The van der Waals surface area contributed by atoms with Crippen LogP contribution in [0.25, 0.3) is 0 Å². The Morgan fingerprint density at radius 2 is 1.86 bits per heavy atom. The highest BCUT2D eigenvalue weighted by atomic mass is 16.4. The van der Waals surface area contributed by atoms with Crippen molar-refractivity contribution in [2.45, 2.75) is 13.0 Å². The van der Waals surface area contributed by atoms with Gasteiger partial charge in [-0.1, -0.05) is 29.8 Å². The van der Waals surface area contributed by atoms with E-state index in [4.69, 9.17) is 4.42 Å². The lowest BCUT2D eigenvalue weighted by Crippen LogP contribution is -1.97. The van der Waals surface area contributed by atoms with Gasteiger partial charge in [0.25, 0.3) is 0 Å². The summed E-state index contributed by atoms with van der Waals surface area (Å²) in [6, 6.07) is 11.3. The summed E-state index contributed by atoms with van der Waals surface area (Å²) >= 11 is 0. The van der Waals surface area contributed by atoms with Crippen molar-refractivity contribution in [1.29, 1.82) is 0 Å². The summed E-state index contributed by atoms with van der Waals surface area (Å²) in [5.41, 5.74) is 2.03. The Kier molecular flexibility index (Phi) is 2.37. The van der Waals surface area contributed by atoms with Gasteiger partial charge in [0, 0.05) is 0 Å². The van der Waals surface area contributed by atoms with Crippen molar-refractivity contribution in [3.8, 4) is 0 Å². The highest BCUT2D eigenvalue weighted by molar-refractivity contribution is 5.27. The van der Waals surface area contributed by atoms with Gasteiger partial charge in [0.2, 0.25) is 0 Å². The second-order valence-corrected chi connectivity index (χ2v) is 3.33. The quantitative estimate of drug-likeness (QED) is 0.786. The molecule has 0 spiro atoms. The molecule has 2 nitrogen and oxygen atoms in total. The predicted molar refractivity (Wildman–Crippen MR) is 53.9 cm³/mol. The van der Waals surface area contributed by atoms with Gasteiger partial charge < -0.3 is 9.52 Å². The normalized spacial score (nSPS) is 12.7. The number of hydrogen-bond acceptors (Lipinski definition) is 2. The zero-order valence-corrected chi connectivity index (χ0v) is 7.97. The molecule has 0 aliphatic heterocycles. The average molecular weight is 188 g/mol. The second kappa shape index (κ2) is 3.68. The Bertz CT molecular complexity index is 387. The van der Waals surface area contributed by atoms with E-state index in [9.17, 15) is 5.11 Å². The van der Waals surface area contributed by atoms with Gasteiger partial charge >= 0.3 is 0 Å². The SMILES string of the molecule is Cc1ccc(C(O)c2ccco2)cc1. The van der Waals surface area contributed by atoms with Crippen molar-refractivity contribution in [2.24, 2.45) is 0 Å². The molecule has 0 aliphatic carbocycles. The summed E-state index contributed by atoms with van der Waals surface area (Å²) < 4.78 is 5.13. The molecule has 1 heterocycles. The smallest absolute Gasteiger partial charge is 0.137 e. The van der Waals surface area contributed by atoms with Crippen molar-refractivity contribution in [1.82, 2.24) is 0 Å². The molecule has 0 amide bonds. The standard InChI is InChI=1S/C12H12O2/c1-9-4-6-10(7-5-9)12(13)11-3-2-8-14-11/h2-8,12-13H,1H3. The van der Waals surface area contributed by atoms with E-state index in [0.717, 1.165) is 5.56 Å². The molecule has 14 heavy (non-hydrogen) atoms. The highest BCUT2D eigenvalue weighted by Crippen LogP contribution is 2.22. The first-order valence-corrected chi connectivity index (χ1v) is 4.55. The van der Waals surface area contributed by atoms with Crippen LogP contribution in [0, 0.1) is 6.92 Å². The molecule has 2 rings (SSSR count). The molecule has 0 saturated heterocycles. The summed E-state index contributed by atoms with van der Waals surface area (Å²) in [5, 5.41) is 9.88. The van der Waals surface area contributed by atoms with Gasteiger partial charge in [-0.3, -0.25) is 0 Å². The lowest BCUT2D eigenvalue weighted by molar-refractivity contribution is 0.189. The monoisotopic (exact) mass is 188 g/mol. The maximum absolute atomic E-state index is 9.88. The molecule has 1 unspecified atom stereocenters. The minimum Gasteiger partial charge on any atom is -0.466 e. The molecule has 0 radical (unpaired) electrons. The molecule has 2 aromatic rings. The third kappa shape index (κ3) is 1.70. The van der Waals surface area contributed by atoms with E-state index < -0.39 is 6.10 Å². The summed E-state index contributed by atoms with van der Waals surface area (Å²) in [6.45, 7) is 2.02. The zero-order chi connectivity index (χ0) is 9.97. The summed E-state index contributed by atoms with van der Waals surface area (Å²) in [7, 11) is 0. The average Bonchev–Trinajstić information content (AvgIpc) is 2.71. The predicted octanol–water partition coefficient (Wildman–Crippen LogP) is 2.67. The third-order valence-electron chi connectivity index (χ3n) is 2.21. The van der Waals surface area contributed by atoms with Crippen LogP contribution in [0.5, 0.6) is 0 Å². The van der Waals surface area contributed by atoms with E-state index in [1.807, 2.05) is 31.2 Å². The summed E-state index contributed by atoms with van der Waals surface area (Å²) in [6.07, 6.45) is 0.901. The molecule has 0 saturated carbocycles. The number of rotatable bonds is 2. The van der Waals surface area contributed by atoms with Crippen LogP contribution in [0.1, 0.15) is 23.0 Å². The van der Waals surface area contributed by atoms with Crippen LogP contribution in [-0.4, -0.2) is 5.11 Å². The number of benzene rings is 1. The van der Waals surface area contributed by atoms with Crippen LogP contribution in [0.15, 0.2) is 47.1 Å². The lowest BCUT2D eigenvalue weighted by Gasteiger charge is -2.07. The van der Waals surface area contributed by atoms with E-state index in [2.05, 4.69) is 0 Å². The number of furan rings is 1. The molecule has 0 bridgehead atoms.